The second-order valence-corrected chi connectivity index (χ2v) is 40.5. The van der Waals surface area contributed by atoms with Gasteiger partial charge in [-0.15, -0.1) is 11.1 Å². The Morgan fingerprint density at radius 2 is 0.891 bits per heavy atom. The molecule has 6 aromatic carbocycles. The van der Waals surface area contributed by atoms with Gasteiger partial charge in [-0.3, -0.25) is 24.1 Å². The summed E-state index contributed by atoms with van der Waals surface area (Å²) in [5.41, 5.74) is 17.1. The number of rotatable bonds is 26. The molecular weight excluding hydrogens is 1420 g/mol. The molecule has 0 aromatic heterocycles. The van der Waals surface area contributed by atoms with Crippen molar-refractivity contribution in [3.63, 3.8) is 0 Å². The molecule has 0 bridgehead atoms. The summed E-state index contributed by atoms with van der Waals surface area (Å²) in [5.74, 6) is 5.50. The summed E-state index contributed by atoms with van der Waals surface area (Å²) in [5, 5.41) is 30.4. The second kappa shape index (κ2) is 43.9. The zero-order chi connectivity index (χ0) is 80.7. The quantitative estimate of drug-likeness (QED) is 0.0168. The zero-order valence-electron chi connectivity index (χ0n) is 68.0. The van der Waals surface area contributed by atoms with Crippen LogP contribution in [0.2, 0.25) is 39.3 Å². The summed E-state index contributed by atoms with van der Waals surface area (Å²) in [6.45, 7) is 27.5. The third-order valence-electron chi connectivity index (χ3n) is 18.7. The molecule has 3 aliphatic heterocycles. The molecule has 3 heterocycles. The number of carboxylic acid groups (broad SMARTS) is 1. The van der Waals surface area contributed by atoms with Gasteiger partial charge in [0.25, 0.3) is 23.6 Å². The molecule has 594 valence electrons. The van der Waals surface area contributed by atoms with Crippen molar-refractivity contribution in [1.82, 2.24) is 31.1 Å². The van der Waals surface area contributed by atoms with E-state index in [1.165, 1.54) is 35.1 Å². The molecule has 3 aliphatic rings. The fraction of sp³-hybridized carbons (Fsp3) is 0.477. The summed E-state index contributed by atoms with van der Waals surface area (Å²) in [6, 6.07) is 40.5. The van der Waals surface area contributed by atoms with Crippen LogP contribution in [0.5, 0.6) is 17.2 Å². The lowest BCUT2D eigenvalue weighted by atomic mass is 9.82. The molecule has 0 unspecified atom stereocenters. The van der Waals surface area contributed by atoms with Gasteiger partial charge in [0.2, 0.25) is 0 Å². The van der Waals surface area contributed by atoms with E-state index >= 15 is 0 Å². The van der Waals surface area contributed by atoms with Crippen LogP contribution in [-0.2, 0) is 47.8 Å². The number of hydrogen-bond donors (Lipinski definition) is 6. The number of aromatic hydroxyl groups is 1. The van der Waals surface area contributed by atoms with Gasteiger partial charge in [-0.2, -0.15) is 0 Å². The van der Waals surface area contributed by atoms with Gasteiger partial charge in [0.05, 0.1) is 52.2 Å². The number of unbranched alkanes of at least 4 members (excludes halogenated alkanes) is 3. The number of benzene rings is 6. The largest absolute Gasteiger partial charge is 0.508 e. The molecule has 6 atom stereocenters. The summed E-state index contributed by atoms with van der Waals surface area (Å²) in [6.07, 6.45) is 11.5. The standard InChI is InChI=1S/C30H40N2O4Si.C29H40N2O5.C23H30N2O3.C6H10O2Si/c1-7-8-9-25-20-24-21-26(36-3)14-15-27(24)29(32(25)28(33)16-19-37(4,5)6)22-10-12-23(13-11-22)30(34)31-17-18-35-2;1-7-8-9-23-18-22-19-24(35-6)14-15-25(22)26(31(23)28(33)36-29(2,3)4)20-10-12-21(13-11-20)27(32)30-16-17-34-5;1-3-4-5-19-14-18-15-20(26)10-11-21(18)22(25-19)16-6-8-17(9-7-16)23(27)24-12-13-28-2;1-9(2,3)5-4-6(7)8/h10-15,21,25,29H,7-9,17-18,20H2,1-6H3,(H,31,34);10-15,19,23,26H,7-9,16-18H2,1-6H3,(H,30,32);6-11,15,19,22,25-26H,3-5,12-14H2,1-2H3,(H,24,27);1-3H3,(H,7,8)/t25-,29-;23-,26-;19-,22-;/m000./s1. The third kappa shape index (κ3) is 27.9. The van der Waals surface area contributed by atoms with Gasteiger partial charge < -0.3 is 64.8 Å². The SMILES string of the molecule is CCCC[C@H]1Cc2cc(O)ccc2[C@H](c2ccc(C(=O)NCCOC)cc2)N1.CCCC[C@H]1Cc2cc(OC)ccc2[C@H](c2ccc(C(=O)NCCOC)cc2)N1C(=O)C#C[Si](C)(C)C.CCCC[C@H]1Cc2cc(OC)ccc2[C@H](c2ccc(C(=O)NCCOC)cc2)N1C(=O)OC(C)(C)C.C[Si](C)(C)C#CC(=O)O. The number of carboxylic acids is 1. The topological polar surface area (TPSA) is 253 Å². The number of phenols is 1. The number of ether oxygens (including phenoxy) is 6. The molecule has 0 saturated heterocycles. The molecule has 6 aromatic rings. The van der Waals surface area contributed by atoms with E-state index < -0.39 is 27.7 Å². The number of hydrogen-bond acceptors (Lipinski definition) is 14. The highest BCUT2D eigenvalue weighted by atomic mass is 28.3. The summed E-state index contributed by atoms with van der Waals surface area (Å²) < 4.78 is 31.9. The molecule has 0 aliphatic carbocycles. The molecule has 6 N–H and O–H groups in total. The Balaban J connectivity index is 0.000000245. The first-order chi connectivity index (χ1) is 52.4. The van der Waals surface area contributed by atoms with E-state index in [0.717, 1.165) is 104 Å². The van der Waals surface area contributed by atoms with E-state index in [1.807, 2.05) is 153 Å². The van der Waals surface area contributed by atoms with Crippen LogP contribution in [0.15, 0.2) is 127 Å². The van der Waals surface area contributed by atoms with Crippen LogP contribution >= 0.6 is 0 Å². The van der Waals surface area contributed by atoms with Crippen LogP contribution < -0.4 is 30.7 Å². The van der Waals surface area contributed by atoms with E-state index in [1.54, 1.807) is 41.6 Å². The fourth-order valence-electron chi connectivity index (χ4n) is 13.4. The van der Waals surface area contributed by atoms with Crippen molar-refractivity contribution in [2.75, 3.05) is 75.0 Å². The van der Waals surface area contributed by atoms with E-state index in [2.05, 4.69) is 103 Å². The minimum absolute atomic E-state index is 0.0126. The number of aliphatic carboxylic acids is 1. The molecule has 9 rings (SSSR count). The average Bonchev–Trinajstić information content (AvgIpc) is 0.763. The van der Waals surface area contributed by atoms with Gasteiger partial charge in [-0.25, -0.2) is 9.59 Å². The molecule has 110 heavy (non-hydrogen) atoms. The highest BCUT2D eigenvalue weighted by molar-refractivity contribution is 6.84. The lowest BCUT2D eigenvalue weighted by Crippen LogP contribution is -2.49. The first kappa shape index (κ1) is 89.6. The van der Waals surface area contributed by atoms with Gasteiger partial charge in [0, 0.05) is 81.7 Å². The Morgan fingerprint density at radius 1 is 0.500 bits per heavy atom. The zero-order valence-corrected chi connectivity index (χ0v) is 70.0. The summed E-state index contributed by atoms with van der Waals surface area (Å²) in [4.78, 5) is 78.4. The van der Waals surface area contributed by atoms with E-state index in [9.17, 15) is 33.9 Å². The number of nitrogens with one attached hydrogen (secondary N) is 4. The number of carbonyl (C=O) groups is 6. The number of nitrogens with zero attached hydrogens (tertiary/aromatic N) is 2. The van der Waals surface area contributed by atoms with Crippen molar-refractivity contribution in [2.24, 2.45) is 0 Å². The molecule has 0 fully saturated rings. The van der Waals surface area contributed by atoms with Crippen molar-refractivity contribution in [3.8, 4) is 40.2 Å². The number of phenolic OH excluding ortho intramolecular Hbond substituents is 1. The van der Waals surface area contributed by atoms with Crippen molar-refractivity contribution in [2.45, 2.75) is 200 Å². The van der Waals surface area contributed by atoms with Crippen LogP contribution in [0.3, 0.4) is 0 Å². The minimum Gasteiger partial charge on any atom is -0.508 e. The number of amides is 5. The van der Waals surface area contributed by atoms with E-state index in [-0.39, 0.29) is 59.9 Å². The van der Waals surface area contributed by atoms with Crippen LogP contribution in [0.4, 0.5) is 4.79 Å². The van der Waals surface area contributed by atoms with Gasteiger partial charge in [0.1, 0.15) is 39.0 Å². The number of fused-ring (bicyclic) bond motifs is 3. The predicted molar refractivity (Wildman–Crippen MR) is 441 cm³/mol. The predicted octanol–water partition coefficient (Wildman–Crippen LogP) is 15.0. The first-order valence-corrected chi connectivity index (χ1v) is 45.6. The van der Waals surface area contributed by atoms with E-state index in [0.29, 0.717) is 67.9 Å². The average molecular weight is 1540 g/mol. The number of methoxy groups -OCH3 is 5. The van der Waals surface area contributed by atoms with Crippen LogP contribution in [0.1, 0.15) is 199 Å². The highest BCUT2D eigenvalue weighted by Crippen LogP contribution is 2.44. The lowest BCUT2D eigenvalue weighted by Gasteiger charge is -2.44. The maximum Gasteiger partial charge on any atom is 0.411 e. The van der Waals surface area contributed by atoms with Crippen molar-refractivity contribution >= 4 is 51.8 Å². The monoisotopic (exact) mass is 1540 g/mol. The van der Waals surface area contributed by atoms with Gasteiger partial charge >= 0.3 is 12.1 Å². The molecule has 0 saturated carbocycles. The fourth-order valence-corrected chi connectivity index (χ4v) is 14.3. The Labute approximate surface area is 655 Å². The van der Waals surface area contributed by atoms with Crippen LogP contribution in [-0.4, -0.2) is 171 Å². The molecule has 0 spiro atoms. The minimum atomic E-state index is -1.73. The summed E-state index contributed by atoms with van der Waals surface area (Å²) >= 11 is 0. The maximum atomic E-state index is 13.7. The molecular formula is C88H120N6O14Si2. The second-order valence-electron chi connectivity index (χ2n) is 31.0. The maximum absolute atomic E-state index is 13.7. The van der Waals surface area contributed by atoms with Gasteiger partial charge in [-0.05, 0) is 188 Å². The van der Waals surface area contributed by atoms with Crippen molar-refractivity contribution in [1.29, 1.82) is 0 Å². The Kier molecular flexibility index (Phi) is 35.8. The molecule has 5 amide bonds. The molecule has 20 nitrogen and oxygen atoms in total. The number of carbonyl (C=O) groups excluding carboxylic acids is 5. The Bertz CT molecular complexity index is 4110. The Morgan fingerprint density at radius 3 is 1.28 bits per heavy atom. The van der Waals surface area contributed by atoms with Crippen molar-refractivity contribution < 1.29 is 67.4 Å². The molecule has 22 heteroatoms. The smallest absolute Gasteiger partial charge is 0.411 e. The summed E-state index contributed by atoms with van der Waals surface area (Å²) in [7, 11) is 4.97. The normalized spacial score (nSPS) is 16.8. The van der Waals surface area contributed by atoms with Gasteiger partial charge in [0.15, 0.2) is 0 Å². The van der Waals surface area contributed by atoms with Crippen LogP contribution in [0, 0.1) is 22.9 Å². The van der Waals surface area contributed by atoms with Crippen LogP contribution in [0.25, 0.3) is 0 Å². The van der Waals surface area contributed by atoms with Crippen molar-refractivity contribution in [3.05, 3.63) is 194 Å². The van der Waals surface area contributed by atoms with E-state index in [4.69, 9.17) is 33.5 Å². The third-order valence-corrected chi connectivity index (χ3v) is 20.5. The lowest BCUT2D eigenvalue weighted by molar-refractivity contribution is -0.131. The highest BCUT2D eigenvalue weighted by Gasteiger charge is 2.42. The first-order valence-electron chi connectivity index (χ1n) is 38.6. The Hall–Kier alpha value is -9.27. The molecule has 0 radical (unpaired) electrons. The van der Waals surface area contributed by atoms with Gasteiger partial charge in [-0.1, -0.05) is 153 Å².